The normalized spacial score (nSPS) is 10.2. The molecule has 0 fully saturated rings. The Hall–Kier alpha value is -2.47. The van der Waals surface area contributed by atoms with Crippen LogP contribution in [0.3, 0.4) is 0 Å². The Morgan fingerprint density at radius 3 is 2.17 bits per heavy atom. The van der Waals surface area contributed by atoms with Gasteiger partial charge in [-0.1, -0.05) is 17.7 Å². The second-order valence-corrected chi connectivity index (χ2v) is 5.13. The molecule has 5 nitrogen and oxygen atoms in total. The van der Waals surface area contributed by atoms with Crippen molar-refractivity contribution < 1.29 is 28.1 Å². The van der Waals surface area contributed by atoms with Crippen molar-refractivity contribution in [2.45, 2.75) is 6.61 Å². The first-order valence-electron chi connectivity index (χ1n) is 6.91. The largest absolute Gasteiger partial charge is 0.493 e. The Morgan fingerprint density at radius 2 is 1.67 bits per heavy atom. The maximum atomic E-state index is 13.0. The van der Waals surface area contributed by atoms with Crippen LogP contribution in [0, 0.1) is 5.82 Å². The number of benzene rings is 2. The lowest BCUT2D eigenvalue weighted by Crippen LogP contribution is -2.07. The van der Waals surface area contributed by atoms with Crippen LogP contribution in [0.4, 0.5) is 4.39 Å². The number of carbonyl (C=O) groups is 1. The molecule has 0 aliphatic rings. The Kier molecular flexibility index (Phi) is 5.87. The standard InChI is InChI=1S/C17H16ClFO5/c1-21-14-6-11(7-15(22-2)16(14)23-3)17(20)24-9-10-4-5-12(19)8-13(10)18/h4-8H,9H2,1-3H3. The highest BCUT2D eigenvalue weighted by molar-refractivity contribution is 6.31. The van der Waals surface area contributed by atoms with Crippen LogP contribution >= 0.6 is 11.6 Å². The van der Waals surface area contributed by atoms with Gasteiger partial charge in [-0.25, -0.2) is 9.18 Å². The SMILES string of the molecule is COc1cc(C(=O)OCc2ccc(F)cc2Cl)cc(OC)c1OC. The minimum atomic E-state index is -0.602. The van der Waals surface area contributed by atoms with E-state index in [1.165, 1.54) is 45.6 Å². The topological polar surface area (TPSA) is 54.0 Å². The van der Waals surface area contributed by atoms with E-state index in [0.29, 0.717) is 22.8 Å². The third-order valence-corrected chi connectivity index (χ3v) is 3.63. The highest BCUT2D eigenvalue weighted by atomic mass is 35.5. The summed E-state index contributed by atoms with van der Waals surface area (Å²) >= 11 is 5.91. The summed E-state index contributed by atoms with van der Waals surface area (Å²) in [6.07, 6.45) is 0. The van der Waals surface area contributed by atoms with E-state index in [1.54, 1.807) is 0 Å². The van der Waals surface area contributed by atoms with Crippen molar-refractivity contribution in [2.75, 3.05) is 21.3 Å². The van der Waals surface area contributed by atoms with Gasteiger partial charge in [0.05, 0.1) is 31.9 Å². The predicted molar refractivity (Wildman–Crippen MR) is 86.6 cm³/mol. The van der Waals surface area contributed by atoms with Crippen molar-refractivity contribution in [3.63, 3.8) is 0 Å². The first kappa shape index (κ1) is 17.9. The monoisotopic (exact) mass is 354 g/mol. The molecule has 0 atom stereocenters. The number of carbonyl (C=O) groups excluding carboxylic acids is 1. The van der Waals surface area contributed by atoms with Crippen molar-refractivity contribution in [3.05, 3.63) is 52.3 Å². The molecule has 0 aliphatic heterocycles. The van der Waals surface area contributed by atoms with Gasteiger partial charge >= 0.3 is 5.97 Å². The zero-order chi connectivity index (χ0) is 17.7. The van der Waals surface area contributed by atoms with Crippen LogP contribution in [-0.2, 0) is 11.3 Å². The average Bonchev–Trinajstić information content (AvgIpc) is 2.59. The van der Waals surface area contributed by atoms with E-state index >= 15 is 0 Å². The number of hydrogen-bond acceptors (Lipinski definition) is 5. The summed E-state index contributed by atoms with van der Waals surface area (Å²) in [7, 11) is 4.37. The van der Waals surface area contributed by atoms with Gasteiger partial charge in [-0.15, -0.1) is 0 Å². The molecule has 7 heteroatoms. The van der Waals surface area contributed by atoms with Crippen LogP contribution in [0.1, 0.15) is 15.9 Å². The van der Waals surface area contributed by atoms with Gasteiger partial charge in [0.1, 0.15) is 12.4 Å². The third-order valence-electron chi connectivity index (χ3n) is 3.27. The molecule has 24 heavy (non-hydrogen) atoms. The molecule has 0 amide bonds. The van der Waals surface area contributed by atoms with Crippen molar-refractivity contribution in [1.82, 2.24) is 0 Å². The van der Waals surface area contributed by atoms with E-state index in [0.717, 1.165) is 6.07 Å². The molecule has 2 rings (SSSR count). The highest BCUT2D eigenvalue weighted by Crippen LogP contribution is 2.38. The van der Waals surface area contributed by atoms with Gasteiger partial charge in [0.15, 0.2) is 11.5 Å². The lowest BCUT2D eigenvalue weighted by atomic mass is 10.2. The van der Waals surface area contributed by atoms with Crippen LogP contribution in [0.15, 0.2) is 30.3 Å². The van der Waals surface area contributed by atoms with E-state index in [9.17, 15) is 9.18 Å². The molecule has 0 saturated carbocycles. The van der Waals surface area contributed by atoms with E-state index in [4.69, 9.17) is 30.5 Å². The smallest absolute Gasteiger partial charge is 0.338 e. The molecule has 0 heterocycles. The molecule has 2 aromatic carbocycles. The minimum Gasteiger partial charge on any atom is -0.493 e. The van der Waals surface area contributed by atoms with Gasteiger partial charge in [-0.2, -0.15) is 0 Å². The van der Waals surface area contributed by atoms with Gasteiger partial charge < -0.3 is 18.9 Å². The summed E-state index contributed by atoms with van der Waals surface area (Å²) in [4.78, 5) is 12.2. The van der Waals surface area contributed by atoms with Crippen LogP contribution in [-0.4, -0.2) is 27.3 Å². The molecule has 0 aliphatic carbocycles. The highest BCUT2D eigenvalue weighted by Gasteiger charge is 2.18. The summed E-state index contributed by atoms with van der Waals surface area (Å²) in [5.74, 6) is -0.0142. The molecule has 0 radical (unpaired) electrons. The van der Waals surface area contributed by atoms with Gasteiger partial charge in [-0.3, -0.25) is 0 Å². The van der Waals surface area contributed by atoms with E-state index in [-0.39, 0.29) is 17.2 Å². The molecule has 0 spiro atoms. The van der Waals surface area contributed by atoms with E-state index < -0.39 is 11.8 Å². The zero-order valence-electron chi connectivity index (χ0n) is 13.4. The van der Waals surface area contributed by atoms with Gasteiger partial charge in [-0.05, 0) is 24.3 Å². The molecule has 0 bridgehead atoms. The lowest BCUT2D eigenvalue weighted by Gasteiger charge is -2.14. The Balaban J connectivity index is 2.20. The number of rotatable bonds is 6. The maximum Gasteiger partial charge on any atom is 0.338 e. The number of halogens is 2. The van der Waals surface area contributed by atoms with Crippen molar-refractivity contribution in [1.29, 1.82) is 0 Å². The van der Waals surface area contributed by atoms with Crippen molar-refractivity contribution >= 4 is 17.6 Å². The van der Waals surface area contributed by atoms with Crippen LogP contribution < -0.4 is 14.2 Å². The fraction of sp³-hybridized carbons (Fsp3) is 0.235. The number of hydrogen-bond donors (Lipinski definition) is 0. The molecule has 2 aromatic rings. The van der Waals surface area contributed by atoms with Crippen molar-refractivity contribution in [2.24, 2.45) is 0 Å². The molecule has 0 saturated heterocycles. The first-order chi connectivity index (χ1) is 11.5. The summed E-state index contributed by atoms with van der Waals surface area (Å²) in [6.45, 7) is -0.0887. The molecular formula is C17H16ClFO5. The minimum absolute atomic E-state index is 0.0887. The van der Waals surface area contributed by atoms with Gasteiger partial charge in [0.25, 0.3) is 0 Å². The van der Waals surface area contributed by atoms with E-state index in [2.05, 4.69) is 0 Å². The Labute approximate surface area is 143 Å². The molecule has 0 N–H and O–H groups in total. The number of methoxy groups -OCH3 is 3. The molecule has 128 valence electrons. The summed E-state index contributed by atoms with van der Waals surface area (Å²) in [5, 5.41) is 0.188. The lowest BCUT2D eigenvalue weighted by molar-refractivity contribution is 0.0472. The summed E-state index contributed by atoms with van der Waals surface area (Å²) < 4.78 is 33.8. The van der Waals surface area contributed by atoms with Crippen LogP contribution in [0.25, 0.3) is 0 Å². The maximum absolute atomic E-state index is 13.0. The van der Waals surface area contributed by atoms with Crippen LogP contribution in [0.5, 0.6) is 17.2 Å². The fourth-order valence-electron chi connectivity index (χ4n) is 2.06. The predicted octanol–water partition coefficient (Wildman–Crippen LogP) is 3.86. The number of ether oxygens (including phenoxy) is 4. The molecular weight excluding hydrogens is 339 g/mol. The van der Waals surface area contributed by atoms with Gasteiger partial charge in [0, 0.05) is 5.56 Å². The zero-order valence-corrected chi connectivity index (χ0v) is 14.1. The molecule has 0 unspecified atom stereocenters. The summed E-state index contributed by atoms with van der Waals surface area (Å²) in [6, 6.07) is 6.82. The van der Waals surface area contributed by atoms with Crippen LogP contribution in [0.2, 0.25) is 5.02 Å². The first-order valence-corrected chi connectivity index (χ1v) is 7.29. The Bertz CT molecular complexity index is 723. The Morgan fingerprint density at radius 1 is 1.04 bits per heavy atom. The fourth-order valence-corrected chi connectivity index (χ4v) is 2.29. The average molecular weight is 355 g/mol. The third kappa shape index (κ3) is 3.89. The quantitative estimate of drug-likeness (QED) is 0.737. The summed E-state index contributed by atoms with van der Waals surface area (Å²) in [5.41, 5.74) is 0.724. The second-order valence-electron chi connectivity index (χ2n) is 4.73. The van der Waals surface area contributed by atoms with Gasteiger partial charge in [0.2, 0.25) is 5.75 Å². The van der Waals surface area contributed by atoms with Crippen molar-refractivity contribution in [3.8, 4) is 17.2 Å². The number of esters is 1. The van der Waals surface area contributed by atoms with E-state index in [1.807, 2.05) is 0 Å². The second kappa shape index (κ2) is 7.88. The molecule has 0 aromatic heterocycles.